The molecule has 4 rings (SSSR count). The van der Waals surface area contributed by atoms with Crippen LogP contribution in [0.5, 0.6) is 0 Å². The zero-order valence-electron chi connectivity index (χ0n) is 15.5. The number of aromatic nitrogens is 5. The zero-order chi connectivity index (χ0) is 19.0. The minimum absolute atomic E-state index is 0.0204. The lowest BCUT2D eigenvalue weighted by molar-refractivity contribution is -0.133. The molecule has 8 nitrogen and oxygen atoms in total. The Kier molecular flexibility index (Phi) is 4.47. The number of hydrogen-bond donors (Lipinski definition) is 0. The van der Waals surface area contributed by atoms with Gasteiger partial charge in [0.25, 0.3) is 5.56 Å². The Hall–Kier alpha value is -3.03. The van der Waals surface area contributed by atoms with Crippen LogP contribution in [0.3, 0.4) is 0 Å². The number of aryl methyl sites for hydroxylation is 1. The second kappa shape index (κ2) is 6.94. The van der Waals surface area contributed by atoms with Crippen LogP contribution in [0, 0.1) is 12.8 Å². The van der Waals surface area contributed by atoms with Crippen LogP contribution in [-0.4, -0.2) is 48.4 Å². The maximum Gasteiger partial charge on any atom is 0.284 e. The van der Waals surface area contributed by atoms with Crippen molar-refractivity contribution in [1.82, 2.24) is 29.4 Å². The highest BCUT2D eigenvalue weighted by Crippen LogP contribution is 2.16. The van der Waals surface area contributed by atoms with Gasteiger partial charge in [-0.25, -0.2) is 4.98 Å². The number of hydrogen-bond acceptors (Lipinski definition) is 5. The molecule has 0 saturated carbocycles. The third kappa shape index (κ3) is 3.34. The summed E-state index contributed by atoms with van der Waals surface area (Å²) >= 11 is 0. The Labute approximate surface area is 156 Å². The highest BCUT2D eigenvalue weighted by Gasteiger charge is 2.21. The van der Waals surface area contributed by atoms with Gasteiger partial charge < -0.3 is 4.90 Å². The van der Waals surface area contributed by atoms with Gasteiger partial charge in [-0.1, -0.05) is 24.3 Å². The summed E-state index contributed by atoms with van der Waals surface area (Å²) in [6, 6.07) is 7.73. The number of amides is 1. The SMILES string of the molecule is Cc1cccc(-n2nnc3c(=O)n(CC(=O)N4CCC(C)CC4)cnc32)c1. The molecule has 1 saturated heterocycles. The van der Waals surface area contributed by atoms with Gasteiger partial charge in [0.05, 0.1) is 5.69 Å². The van der Waals surface area contributed by atoms with Gasteiger partial charge in [-0.05, 0) is 43.4 Å². The van der Waals surface area contributed by atoms with E-state index in [1.807, 2.05) is 36.1 Å². The number of piperidine rings is 1. The summed E-state index contributed by atoms with van der Waals surface area (Å²) in [4.78, 5) is 31.4. The molecule has 8 heteroatoms. The van der Waals surface area contributed by atoms with Gasteiger partial charge in [-0.2, -0.15) is 4.68 Å². The molecule has 1 aliphatic heterocycles. The molecule has 0 bridgehead atoms. The molecule has 1 aliphatic rings. The fourth-order valence-electron chi connectivity index (χ4n) is 3.39. The molecule has 0 atom stereocenters. The van der Waals surface area contributed by atoms with Crippen molar-refractivity contribution >= 4 is 17.1 Å². The van der Waals surface area contributed by atoms with Crippen LogP contribution in [0.25, 0.3) is 16.9 Å². The van der Waals surface area contributed by atoms with Crippen molar-refractivity contribution in [3.8, 4) is 5.69 Å². The standard InChI is InChI=1S/C19H22N6O2/c1-13-6-8-23(9-7-13)16(26)11-24-12-20-18-17(19(24)27)21-22-25(18)15-5-3-4-14(2)10-15/h3-5,10,12-13H,6-9,11H2,1-2H3. The summed E-state index contributed by atoms with van der Waals surface area (Å²) in [6.45, 7) is 5.65. The average molecular weight is 366 g/mol. The first-order valence-electron chi connectivity index (χ1n) is 9.18. The molecule has 0 aliphatic carbocycles. The van der Waals surface area contributed by atoms with E-state index in [-0.39, 0.29) is 23.5 Å². The Bertz CT molecular complexity index is 1050. The molecule has 1 fully saturated rings. The summed E-state index contributed by atoms with van der Waals surface area (Å²) in [6.07, 6.45) is 3.41. The zero-order valence-corrected chi connectivity index (χ0v) is 15.5. The molecule has 3 aromatic rings. The first kappa shape index (κ1) is 17.4. The van der Waals surface area contributed by atoms with Crippen molar-refractivity contribution in [2.45, 2.75) is 33.2 Å². The van der Waals surface area contributed by atoms with E-state index in [2.05, 4.69) is 22.2 Å². The molecular weight excluding hydrogens is 344 g/mol. The maximum atomic E-state index is 12.7. The number of fused-ring (bicyclic) bond motifs is 1. The van der Waals surface area contributed by atoms with Crippen molar-refractivity contribution in [1.29, 1.82) is 0 Å². The van der Waals surface area contributed by atoms with E-state index in [1.54, 1.807) is 4.68 Å². The summed E-state index contributed by atoms with van der Waals surface area (Å²) in [5, 5.41) is 8.09. The molecule has 0 spiro atoms. The Morgan fingerprint density at radius 1 is 1.26 bits per heavy atom. The van der Waals surface area contributed by atoms with E-state index in [1.165, 1.54) is 10.9 Å². The van der Waals surface area contributed by atoms with Crippen molar-refractivity contribution in [3.05, 3.63) is 46.5 Å². The molecular formula is C19H22N6O2. The van der Waals surface area contributed by atoms with Gasteiger partial charge >= 0.3 is 0 Å². The van der Waals surface area contributed by atoms with Gasteiger partial charge in [0.15, 0.2) is 11.2 Å². The normalized spacial score (nSPS) is 15.4. The lowest BCUT2D eigenvalue weighted by atomic mass is 9.99. The van der Waals surface area contributed by atoms with Crippen LogP contribution >= 0.6 is 0 Å². The lowest BCUT2D eigenvalue weighted by Gasteiger charge is -2.30. The summed E-state index contributed by atoms with van der Waals surface area (Å²) in [5.41, 5.74) is 2.07. The quantitative estimate of drug-likeness (QED) is 0.702. The van der Waals surface area contributed by atoms with E-state index < -0.39 is 0 Å². The van der Waals surface area contributed by atoms with Crippen molar-refractivity contribution in [2.24, 2.45) is 5.92 Å². The van der Waals surface area contributed by atoms with Crippen LogP contribution < -0.4 is 5.56 Å². The van der Waals surface area contributed by atoms with E-state index in [9.17, 15) is 9.59 Å². The molecule has 140 valence electrons. The Balaban J connectivity index is 1.62. The fourth-order valence-corrected chi connectivity index (χ4v) is 3.39. The second-order valence-electron chi connectivity index (χ2n) is 7.25. The summed E-state index contributed by atoms with van der Waals surface area (Å²) in [7, 11) is 0. The monoisotopic (exact) mass is 366 g/mol. The largest absolute Gasteiger partial charge is 0.341 e. The van der Waals surface area contributed by atoms with Crippen molar-refractivity contribution < 1.29 is 4.79 Å². The molecule has 0 radical (unpaired) electrons. The van der Waals surface area contributed by atoms with Crippen molar-refractivity contribution in [2.75, 3.05) is 13.1 Å². The Morgan fingerprint density at radius 2 is 2.04 bits per heavy atom. The average Bonchev–Trinajstić information content (AvgIpc) is 3.09. The molecule has 1 aromatic carbocycles. The molecule has 0 unspecified atom stereocenters. The predicted molar refractivity (Wildman–Crippen MR) is 101 cm³/mol. The first-order chi connectivity index (χ1) is 13.0. The van der Waals surface area contributed by atoms with Crippen LogP contribution in [0.15, 0.2) is 35.4 Å². The van der Waals surface area contributed by atoms with Crippen LogP contribution in [0.1, 0.15) is 25.3 Å². The van der Waals surface area contributed by atoms with E-state index >= 15 is 0 Å². The van der Waals surface area contributed by atoms with E-state index in [0.717, 1.165) is 37.2 Å². The van der Waals surface area contributed by atoms with Crippen LogP contribution in [0.2, 0.25) is 0 Å². The fraction of sp³-hybridized carbons (Fsp3) is 0.421. The van der Waals surface area contributed by atoms with Gasteiger partial charge in [0.2, 0.25) is 5.91 Å². The van der Waals surface area contributed by atoms with Gasteiger partial charge in [-0.3, -0.25) is 14.2 Å². The lowest BCUT2D eigenvalue weighted by Crippen LogP contribution is -2.41. The number of carbonyl (C=O) groups is 1. The van der Waals surface area contributed by atoms with Gasteiger partial charge in [0, 0.05) is 13.1 Å². The van der Waals surface area contributed by atoms with E-state index in [4.69, 9.17) is 0 Å². The second-order valence-corrected chi connectivity index (χ2v) is 7.25. The molecule has 1 amide bonds. The number of rotatable bonds is 3. The predicted octanol–water partition coefficient (Wildman–Crippen LogP) is 1.54. The highest BCUT2D eigenvalue weighted by molar-refractivity contribution is 5.77. The van der Waals surface area contributed by atoms with Gasteiger partial charge in [-0.15, -0.1) is 5.10 Å². The van der Waals surface area contributed by atoms with E-state index in [0.29, 0.717) is 11.6 Å². The third-order valence-corrected chi connectivity index (χ3v) is 5.12. The number of carbonyl (C=O) groups excluding carboxylic acids is 1. The minimum Gasteiger partial charge on any atom is -0.341 e. The van der Waals surface area contributed by atoms with Crippen molar-refractivity contribution in [3.63, 3.8) is 0 Å². The summed E-state index contributed by atoms with van der Waals surface area (Å²) in [5.74, 6) is 0.586. The third-order valence-electron chi connectivity index (χ3n) is 5.12. The molecule has 27 heavy (non-hydrogen) atoms. The Morgan fingerprint density at radius 3 is 2.78 bits per heavy atom. The topological polar surface area (TPSA) is 85.9 Å². The maximum absolute atomic E-state index is 12.7. The summed E-state index contributed by atoms with van der Waals surface area (Å²) < 4.78 is 2.86. The number of nitrogens with zero attached hydrogens (tertiary/aromatic N) is 6. The van der Waals surface area contributed by atoms with Crippen LogP contribution in [0.4, 0.5) is 0 Å². The number of benzene rings is 1. The molecule has 3 heterocycles. The van der Waals surface area contributed by atoms with Crippen LogP contribution in [-0.2, 0) is 11.3 Å². The molecule has 0 N–H and O–H groups in total. The highest BCUT2D eigenvalue weighted by atomic mass is 16.2. The minimum atomic E-state index is -0.349. The number of likely N-dealkylation sites (tertiary alicyclic amines) is 1. The smallest absolute Gasteiger partial charge is 0.284 e. The first-order valence-corrected chi connectivity index (χ1v) is 9.18. The van der Waals surface area contributed by atoms with Gasteiger partial charge in [0.1, 0.15) is 12.9 Å². The molecule has 2 aromatic heterocycles.